The van der Waals surface area contributed by atoms with Gasteiger partial charge in [-0.2, -0.15) is 0 Å². The number of ether oxygens (including phenoxy) is 1. The third kappa shape index (κ3) is 6.82. The van der Waals surface area contributed by atoms with Crippen molar-refractivity contribution in [3.05, 3.63) is 24.0 Å². The van der Waals surface area contributed by atoms with Crippen molar-refractivity contribution in [3.63, 3.8) is 0 Å². The van der Waals surface area contributed by atoms with E-state index in [2.05, 4.69) is 63.0 Å². The van der Waals surface area contributed by atoms with Crippen LogP contribution in [0.25, 0.3) is 0 Å². The van der Waals surface area contributed by atoms with Crippen molar-refractivity contribution in [1.29, 1.82) is 0 Å². The zero-order valence-electron chi connectivity index (χ0n) is 12.5. The zero-order chi connectivity index (χ0) is 13.6. The Labute approximate surface area is 112 Å². The van der Waals surface area contributed by atoms with Crippen LogP contribution in [0.5, 0.6) is 0 Å². The fourth-order valence-corrected chi connectivity index (χ4v) is 1.70. The van der Waals surface area contributed by atoms with Crippen LogP contribution in [0.3, 0.4) is 0 Å². The van der Waals surface area contributed by atoms with E-state index >= 15 is 0 Å². The predicted molar refractivity (Wildman–Crippen MR) is 76.7 cm³/mol. The molecular weight excluding hydrogens is 224 g/mol. The normalized spacial score (nSPS) is 12.3. The lowest BCUT2D eigenvalue weighted by Gasteiger charge is -2.19. The predicted octanol–water partition coefficient (Wildman–Crippen LogP) is 3.05. The molecule has 0 fully saturated rings. The number of aromatic nitrogens is 1. The van der Waals surface area contributed by atoms with Gasteiger partial charge in [0.05, 0.1) is 12.2 Å². The quantitative estimate of drug-likeness (QED) is 0.807. The number of hydrogen-bond donors (Lipinski definition) is 1. The molecule has 0 aromatic carbocycles. The van der Waals surface area contributed by atoms with Crippen molar-refractivity contribution in [1.82, 2.24) is 9.88 Å². The highest BCUT2D eigenvalue weighted by Gasteiger charge is 2.09. The van der Waals surface area contributed by atoms with Crippen LogP contribution in [-0.4, -0.2) is 23.3 Å². The molecule has 0 radical (unpaired) electrons. The number of nitrogens with zero attached hydrogens (tertiary/aromatic N) is 1. The first-order valence-corrected chi connectivity index (χ1v) is 6.86. The van der Waals surface area contributed by atoms with Crippen molar-refractivity contribution < 1.29 is 4.74 Å². The van der Waals surface area contributed by atoms with E-state index in [0.29, 0.717) is 5.92 Å². The molecule has 0 amide bonds. The molecule has 0 saturated carbocycles. The van der Waals surface area contributed by atoms with Gasteiger partial charge in [-0.15, -0.1) is 0 Å². The van der Waals surface area contributed by atoms with Crippen molar-refractivity contribution in [2.45, 2.75) is 53.3 Å². The molecule has 1 N–H and O–H groups in total. The number of nitrogens with one attached hydrogen (secondary N) is 1. The molecule has 0 unspecified atom stereocenters. The van der Waals surface area contributed by atoms with Crippen molar-refractivity contribution in [2.75, 3.05) is 13.2 Å². The largest absolute Gasteiger partial charge is 0.374 e. The first kappa shape index (κ1) is 15.3. The van der Waals surface area contributed by atoms with Gasteiger partial charge in [-0.25, -0.2) is 0 Å². The van der Waals surface area contributed by atoms with E-state index in [9.17, 15) is 0 Å². The molecule has 0 bridgehead atoms. The van der Waals surface area contributed by atoms with Gasteiger partial charge in [0, 0.05) is 25.5 Å². The molecular formula is C15H28N2O. The Kier molecular flexibility index (Phi) is 5.89. The lowest BCUT2D eigenvalue weighted by Crippen LogP contribution is -2.21. The SMILES string of the molecule is CC(C)CNCc1ccn(CCOC(C)(C)C)c1. The molecule has 3 heteroatoms. The molecule has 0 aliphatic rings. The Morgan fingerprint density at radius 1 is 1.33 bits per heavy atom. The van der Waals surface area contributed by atoms with Crippen molar-refractivity contribution in [2.24, 2.45) is 5.92 Å². The Hall–Kier alpha value is -0.800. The highest BCUT2D eigenvalue weighted by Crippen LogP contribution is 2.07. The summed E-state index contributed by atoms with van der Waals surface area (Å²) in [7, 11) is 0. The summed E-state index contributed by atoms with van der Waals surface area (Å²) in [6.07, 6.45) is 4.32. The van der Waals surface area contributed by atoms with Crippen LogP contribution in [0.4, 0.5) is 0 Å². The number of rotatable bonds is 7. The maximum atomic E-state index is 5.72. The fraction of sp³-hybridized carbons (Fsp3) is 0.733. The van der Waals surface area contributed by atoms with Crippen LogP contribution in [0.2, 0.25) is 0 Å². The summed E-state index contributed by atoms with van der Waals surface area (Å²) < 4.78 is 7.91. The molecule has 1 rings (SSSR count). The maximum absolute atomic E-state index is 5.72. The standard InChI is InChI=1S/C15H28N2O/c1-13(2)10-16-11-14-6-7-17(12-14)8-9-18-15(3,4)5/h6-7,12-13,16H,8-11H2,1-5H3. The van der Waals surface area contributed by atoms with Gasteiger partial charge in [-0.05, 0) is 44.9 Å². The van der Waals surface area contributed by atoms with Gasteiger partial charge in [0.2, 0.25) is 0 Å². The highest BCUT2D eigenvalue weighted by atomic mass is 16.5. The second-order valence-corrected chi connectivity index (χ2v) is 6.24. The number of hydrogen-bond acceptors (Lipinski definition) is 2. The average Bonchev–Trinajstić information content (AvgIpc) is 2.63. The molecule has 18 heavy (non-hydrogen) atoms. The van der Waals surface area contributed by atoms with Gasteiger partial charge < -0.3 is 14.6 Å². The summed E-state index contributed by atoms with van der Waals surface area (Å²) in [5, 5.41) is 3.45. The molecule has 0 aliphatic carbocycles. The molecule has 3 nitrogen and oxygen atoms in total. The topological polar surface area (TPSA) is 26.2 Å². The molecule has 1 aromatic rings. The second kappa shape index (κ2) is 6.95. The van der Waals surface area contributed by atoms with Gasteiger partial charge in [-0.1, -0.05) is 13.8 Å². The molecule has 1 heterocycles. The third-order valence-corrected chi connectivity index (χ3v) is 2.58. The van der Waals surface area contributed by atoms with E-state index in [1.165, 1.54) is 5.56 Å². The summed E-state index contributed by atoms with van der Waals surface area (Å²) in [5.74, 6) is 0.701. The van der Waals surface area contributed by atoms with E-state index in [4.69, 9.17) is 4.74 Å². The summed E-state index contributed by atoms with van der Waals surface area (Å²) >= 11 is 0. The van der Waals surface area contributed by atoms with Crippen LogP contribution in [0, 0.1) is 5.92 Å². The van der Waals surface area contributed by atoms with E-state index in [1.54, 1.807) is 0 Å². The van der Waals surface area contributed by atoms with E-state index in [-0.39, 0.29) is 5.60 Å². The van der Waals surface area contributed by atoms with E-state index in [0.717, 1.165) is 26.2 Å². The smallest absolute Gasteiger partial charge is 0.0652 e. The Balaban J connectivity index is 2.26. The molecule has 0 spiro atoms. The van der Waals surface area contributed by atoms with Crippen LogP contribution < -0.4 is 5.32 Å². The Morgan fingerprint density at radius 3 is 2.67 bits per heavy atom. The first-order chi connectivity index (χ1) is 8.37. The second-order valence-electron chi connectivity index (χ2n) is 6.24. The van der Waals surface area contributed by atoms with E-state index in [1.807, 2.05) is 0 Å². The zero-order valence-corrected chi connectivity index (χ0v) is 12.5. The van der Waals surface area contributed by atoms with Gasteiger partial charge in [-0.3, -0.25) is 0 Å². The monoisotopic (exact) mass is 252 g/mol. The molecule has 0 atom stereocenters. The summed E-state index contributed by atoms with van der Waals surface area (Å²) in [5.41, 5.74) is 1.29. The minimum atomic E-state index is -0.0468. The van der Waals surface area contributed by atoms with Crippen molar-refractivity contribution >= 4 is 0 Å². The lowest BCUT2D eigenvalue weighted by atomic mass is 10.2. The highest BCUT2D eigenvalue weighted by molar-refractivity contribution is 5.09. The Morgan fingerprint density at radius 2 is 2.06 bits per heavy atom. The summed E-state index contributed by atoms with van der Waals surface area (Å²) in [4.78, 5) is 0. The van der Waals surface area contributed by atoms with Gasteiger partial charge in [0.15, 0.2) is 0 Å². The van der Waals surface area contributed by atoms with E-state index < -0.39 is 0 Å². The molecule has 0 aliphatic heterocycles. The molecule has 1 aromatic heterocycles. The van der Waals surface area contributed by atoms with Crippen LogP contribution >= 0.6 is 0 Å². The van der Waals surface area contributed by atoms with Crippen LogP contribution in [0.15, 0.2) is 18.5 Å². The molecule has 0 saturated heterocycles. The Bertz CT molecular complexity index is 337. The average molecular weight is 252 g/mol. The summed E-state index contributed by atoms with van der Waals surface area (Å²) in [6, 6.07) is 2.17. The first-order valence-electron chi connectivity index (χ1n) is 6.86. The maximum Gasteiger partial charge on any atom is 0.0652 e. The fourth-order valence-electron chi connectivity index (χ4n) is 1.70. The minimum Gasteiger partial charge on any atom is -0.374 e. The minimum absolute atomic E-state index is 0.0468. The van der Waals surface area contributed by atoms with Gasteiger partial charge >= 0.3 is 0 Å². The van der Waals surface area contributed by atoms with Crippen LogP contribution in [-0.2, 0) is 17.8 Å². The van der Waals surface area contributed by atoms with Gasteiger partial charge in [0.25, 0.3) is 0 Å². The van der Waals surface area contributed by atoms with Crippen LogP contribution in [0.1, 0.15) is 40.2 Å². The van der Waals surface area contributed by atoms with Crippen molar-refractivity contribution in [3.8, 4) is 0 Å². The lowest BCUT2D eigenvalue weighted by molar-refractivity contribution is -0.00679. The molecule has 104 valence electrons. The third-order valence-electron chi connectivity index (χ3n) is 2.58. The van der Waals surface area contributed by atoms with Gasteiger partial charge in [0.1, 0.15) is 0 Å². The summed E-state index contributed by atoms with van der Waals surface area (Å²) in [6.45, 7) is 14.4.